The number of hydrogen-bond acceptors (Lipinski definition) is 4. The van der Waals surface area contributed by atoms with Gasteiger partial charge in [-0.2, -0.15) is 0 Å². The molecule has 28 heavy (non-hydrogen) atoms. The summed E-state index contributed by atoms with van der Waals surface area (Å²) in [7, 11) is 0. The van der Waals surface area contributed by atoms with E-state index in [1.807, 2.05) is 6.08 Å². The molecule has 5 heteroatoms. The molecule has 0 radical (unpaired) electrons. The van der Waals surface area contributed by atoms with E-state index in [0.717, 1.165) is 25.7 Å². The highest BCUT2D eigenvalue weighted by molar-refractivity contribution is 5.92. The van der Waals surface area contributed by atoms with Gasteiger partial charge in [-0.15, -0.1) is 0 Å². The Balaban J connectivity index is 1.40. The summed E-state index contributed by atoms with van der Waals surface area (Å²) in [5, 5.41) is 20.8. The van der Waals surface area contributed by atoms with Crippen LogP contribution in [0.3, 0.4) is 0 Å². The van der Waals surface area contributed by atoms with E-state index >= 15 is 0 Å². The van der Waals surface area contributed by atoms with Gasteiger partial charge in [0, 0.05) is 23.7 Å². The lowest BCUT2D eigenvalue weighted by molar-refractivity contribution is -0.144. The Kier molecular flexibility index (Phi) is 3.10. The minimum absolute atomic E-state index is 0.0267. The third-order valence-corrected chi connectivity index (χ3v) is 10.2. The van der Waals surface area contributed by atoms with Crippen LogP contribution in [0.2, 0.25) is 0 Å². The molecular formula is C23H30O5. The van der Waals surface area contributed by atoms with Crippen LogP contribution in [0.1, 0.15) is 65.2 Å². The molecule has 5 nitrogen and oxygen atoms in total. The summed E-state index contributed by atoms with van der Waals surface area (Å²) in [6, 6.07) is 0. The smallest absolute Gasteiger partial charge is 0.303 e. The first-order valence-electron chi connectivity index (χ1n) is 11.0. The monoisotopic (exact) mass is 386 g/mol. The first-order chi connectivity index (χ1) is 13.2. The van der Waals surface area contributed by atoms with Crippen molar-refractivity contribution in [2.45, 2.75) is 82.5 Å². The first kappa shape index (κ1) is 17.6. The van der Waals surface area contributed by atoms with Crippen molar-refractivity contribution in [3.05, 3.63) is 11.6 Å². The number of carbonyl (C=O) groups is 2. The summed E-state index contributed by atoms with van der Waals surface area (Å²) in [6.45, 7) is 4.54. The van der Waals surface area contributed by atoms with Gasteiger partial charge in [-0.3, -0.25) is 9.59 Å². The van der Waals surface area contributed by atoms with Gasteiger partial charge in [0.2, 0.25) is 0 Å². The van der Waals surface area contributed by atoms with Gasteiger partial charge in [-0.1, -0.05) is 19.4 Å². The lowest BCUT2D eigenvalue weighted by Gasteiger charge is -2.56. The second-order valence-electron chi connectivity index (χ2n) is 11.0. The van der Waals surface area contributed by atoms with Gasteiger partial charge in [-0.25, -0.2) is 0 Å². The predicted octanol–water partition coefficient (Wildman–Crippen LogP) is 3.10. The zero-order chi connectivity index (χ0) is 19.7. The van der Waals surface area contributed by atoms with Crippen LogP contribution in [0.5, 0.6) is 0 Å². The molecule has 0 amide bonds. The molecule has 1 aliphatic heterocycles. The molecule has 6 aliphatic rings. The van der Waals surface area contributed by atoms with Gasteiger partial charge in [-0.05, 0) is 68.3 Å². The lowest BCUT2D eigenvalue weighted by atomic mass is 9.46. The van der Waals surface area contributed by atoms with E-state index in [9.17, 15) is 19.8 Å². The average Bonchev–Trinajstić information content (AvgIpc) is 3.52. The average molecular weight is 386 g/mol. The van der Waals surface area contributed by atoms with E-state index in [1.54, 1.807) is 0 Å². The Labute approximate surface area is 165 Å². The van der Waals surface area contributed by atoms with E-state index in [0.29, 0.717) is 42.9 Å². The molecule has 0 aromatic rings. The van der Waals surface area contributed by atoms with Crippen LogP contribution in [0.4, 0.5) is 0 Å². The van der Waals surface area contributed by atoms with Crippen LogP contribution in [0.15, 0.2) is 11.6 Å². The van der Waals surface area contributed by atoms with E-state index in [2.05, 4.69) is 13.8 Å². The minimum Gasteiger partial charge on any atom is -0.481 e. The maximum absolute atomic E-state index is 12.1. The standard InChI is InChI=1S/C23H30O5/c1-20-6-3-12(24)9-16(20)13-10-14(13)19-15-4-7-22(27,8-5-18(25)26)21(15,2)11-17-23(19,20)28-17/h9,13-15,17,19,27H,3-8,10-11H2,1-2H3,(H,25,26)/t13-,14+,15+,17?,19+,20+,21-,22-,23?/m1/s1. The number of carbonyl (C=O) groups excluding carboxylic acids is 1. The summed E-state index contributed by atoms with van der Waals surface area (Å²) >= 11 is 0. The summed E-state index contributed by atoms with van der Waals surface area (Å²) < 4.78 is 6.62. The number of ketones is 1. The van der Waals surface area contributed by atoms with Crippen molar-refractivity contribution in [2.75, 3.05) is 0 Å². The molecule has 1 heterocycles. The van der Waals surface area contributed by atoms with E-state index in [4.69, 9.17) is 4.74 Å². The normalized spacial score (nSPS) is 57.9. The number of rotatable bonds is 3. The third-order valence-electron chi connectivity index (χ3n) is 10.2. The molecule has 4 saturated carbocycles. The van der Waals surface area contributed by atoms with Crippen LogP contribution >= 0.6 is 0 Å². The van der Waals surface area contributed by atoms with Gasteiger partial charge in [0.15, 0.2) is 5.78 Å². The number of aliphatic hydroxyl groups is 1. The highest BCUT2D eigenvalue weighted by Crippen LogP contribution is 2.82. The maximum Gasteiger partial charge on any atom is 0.303 e. The molecule has 9 atom stereocenters. The van der Waals surface area contributed by atoms with E-state index < -0.39 is 11.6 Å². The van der Waals surface area contributed by atoms with Gasteiger partial charge in [0.05, 0.1) is 11.7 Å². The highest BCUT2D eigenvalue weighted by Gasteiger charge is 2.84. The number of aliphatic carboxylic acids is 1. The molecule has 6 rings (SSSR count). The van der Waals surface area contributed by atoms with Crippen LogP contribution < -0.4 is 0 Å². The SMILES string of the molecule is C[C@]12CCC(=O)C=C1[C@@H]1C[C@@H]1[C@H]1[C@@H]3CC[C@@](O)(CCC(=O)O)[C@]3(C)CC3OC312. The Morgan fingerprint density at radius 3 is 2.86 bits per heavy atom. The molecule has 0 aromatic heterocycles. The number of epoxide rings is 1. The highest BCUT2D eigenvalue weighted by atomic mass is 16.6. The fourth-order valence-corrected chi connectivity index (χ4v) is 8.66. The number of hydrogen-bond donors (Lipinski definition) is 2. The molecule has 1 saturated heterocycles. The van der Waals surface area contributed by atoms with Crippen molar-refractivity contribution >= 4 is 11.8 Å². The summed E-state index contributed by atoms with van der Waals surface area (Å²) in [4.78, 5) is 23.3. The van der Waals surface area contributed by atoms with Gasteiger partial charge >= 0.3 is 5.97 Å². The molecule has 5 fully saturated rings. The van der Waals surface area contributed by atoms with Gasteiger partial charge in [0.1, 0.15) is 5.60 Å². The van der Waals surface area contributed by atoms with Crippen LogP contribution in [0.25, 0.3) is 0 Å². The fourth-order valence-electron chi connectivity index (χ4n) is 8.66. The summed E-state index contributed by atoms with van der Waals surface area (Å²) in [5.41, 5.74) is -0.0168. The van der Waals surface area contributed by atoms with Gasteiger partial charge < -0.3 is 14.9 Å². The van der Waals surface area contributed by atoms with E-state index in [-0.39, 0.29) is 34.7 Å². The molecule has 2 N–H and O–H groups in total. The number of ether oxygens (including phenoxy) is 1. The quantitative estimate of drug-likeness (QED) is 0.728. The number of carboxylic acid groups (broad SMARTS) is 1. The Morgan fingerprint density at radius 2 is 2.11 bits per heavy atom. The minimum atomic E-state index is -0.905. The first-order valence-corrected chi connectivity index (χ1v) is 11.0. The molecular weight excluding hydrogens is 356 g/mol. The zero-order valence-electron chi connectivity index (χ0n) is 16.7. The van der Waals surface area contributed by atoms with Crippen LogP contribution in [-0.4, -0.2) is 39.3 Å². The van der Waals surface area contributed by atoms with Crippen LogP contribution in [-0.2, 0) is 14.3 Å². The largest absolute Gasteiger partial charge is 0.481 e. The molecule has 0 aromatic carbocycles. The maximum atomic E-state index is 12.1. The Bertz CT molecular complexity index is 833. The van der Waals surface area contributed by atoms with Crippen molar-refractivity contribution < 1.29 is 24.5 Å². The molecule has 152 valence electrons. The second-order valence-corrected chi connectivity index (χ2v) is 11.0. The predicted molar refractivity (Wildman–Crippen MR) is 100 cm³/mol. The van der Waals surface area contributed by atoms with Crippen molar-refractivity contribution in [2.24, 2.45) is 34.5 Å². The molecule has 1 spiro atoms. The second kappa shape index (κ2) is 4.92. The van der Waals surface area contributed by atoms with Crippen molar-refractivity contribution in [3.8, 4) is 0 Å². The number of carboxylic acids is 1. The van der Waals surface area contributed by atoms with Crippen molar-refractivity contribution in [1.29, 1.82) is 0 Å². The molecule has 0 bridgehead atoms. The molecule has 5 aliphatic carbocycles. The third kappa shape index (κ3) is 1.78. The Hall–Kier alpha value is -1.20. The van der Waals surface area contributed by atoms with Gasteiger partial charge in [0.25, 0.3) is 0 Å². The topological polar surface area (TPSA) is 87.1 Å². The zero-order valence-corrected chi connectivity index (χ0v) is 16.7. The molecule has 2 unspecified atom stereocenters. The Morgan fingerprint density at radius 1 is 1.32 bits per heavy atom. The van der Waals surface area contributed by atoms with Crippen molar-refractivity contribution in [1.82, 2.24) is 0 Å². The summed E-state index contributed by atoms with van der Waals surface area (Å²) in [5.74, 6) is 1.36. The van der Waals surface area contributed by atoms with E-state index in [1.165, 1.54) is 5.57 Å². The fraction of sp³-hybridized carbons (Fsp3) is 0.826. The lowest BCUT2D eigenvalue weighted by Crippen LogP contribution is -2.60. The summed E-state index contributed by atoms with van der Waals surface area (Å²) in [6.07, 6.45) is 7.59. The van der Waals surface area contributed by atoms with Crippen LogP contribution in [0, 0.1) is 34.5 Å². The van der Waals surface area contributed by atoms with Crippen molar-refractivity contribution in [3.63, 3.8) is 0 Å². The number of fused-ring (bicyclic) bond motifs is 6.